The second kappa shape index (κ2) is 8.23. The lowest BCUT2D eigenvalue weighted by molar-refractivity contribution is -0.107. The minimum Gasteiger partial charge on any atom is -0.484 e. The first-order chi connectivity index (χ1) is 10.2. The lowest BCUT2D eigenvalue weighted by Gasteiger charge is -2.44. The molecule has 0 aliphatic heterocycles. The molecule has 0 saturated heterocycles. The molecule has 3 unspecified atom stereocenters. The molecular formula is C16H23Cl2NO2. The summed E-state index contributed by atoms with van der Waals surface area (Å²) in [5.41, 5.74) is 0. The molecule has 0 aromatic heterocycles. The van der Waals surface area contributed by atoms with Crippen molar-refractivity contribution in [2.45, 2.75) is 51.4 Å². The zero-order chi connectivity index (χ0) is 15.2. The summed E-state index contributed by atoms with van der Waals surface area (Å²) in [4.78, 5) is 0. The highest BCUT2D eigenvalue weighted by Gasteiger charge is 2.43. The predicted molar refractivity (Wildman–Crippen MR) is 87.6 cm³/mol. The van der Waals surface area contributed by atoms with Crippen molar-refractivity contribution in [1.29, 1.82) is 0 Å². The molecule has 1 aliphatic carbocycles. The van der Waals surface area contributed by atoms with Crippen LogP contribution in [0.3, 0.4) is 0 Å². The first kappa shape index (κ1) is 16.9. The molecule has 118 valence electrons. The van der Waals surface area contributed by atoms with Crippen molar-refractivity contribution < 1.29 is 9.47 Å². The predicted octanol–water partition coefficient (Wildman–Crippen LogP) is 4.31. The Morgan fingerprint density at radius 1 is 1.19 bits per heavy atom. The van der Waals surface area contributed by atoms with Crippen LogP contribution < -0.4 is 10.1 Å². The van der Waals surface area contributed by atoms with Crippen molar-refractivity contribution in [3.05, 3.63) is 28.2 Å². The van der Waals surface area contributed by atoms with E-state index in [2.05, 4.69) is 19.2 Å². The van der Waals surface area contributed by atoms with E-state index in [9.17, 15) is 0 Å². The Kier molecular flexibility index (Phi) is 6.62. The van der Waals surface area contributed by atoms with Gasteiger partial charge in [0, 0.05) is 19.1 Å². The summed E-state index contributed by atoms with van der Waals surface area (Å²) >= 11 is 12.3. The Bertz CT molecular complexity index is 436. The lowest BCUT2D eigenvalue weighted by atomic mass is 9.85. The number of benzene rings is 1. The summed E-state index contributed by atoms with van der Waals surface area (Å²) in [7, 11) is 0. The first-order valence-electron chi connectivity index (χ1n) is 7.63. The fourth-order valence-corrected chi connectivity index (χ4v) is 2.94. The van der Waals surface area contributed by atoms with Crippen LogP contribution in [0.4, 0.5) is 0 Å². The molecule has 1 fully saturated rings. The SMILES string of the molecule is CCCNC1CC(Oc2c(Cl)cccc2Cl)C1OCCC. The minimum atomic E-state index is 0.00306. The molecule has 0 spiro atoms. The Morgan fingerprint density at radius 3 is 2.52 bits per heavy atom. The van der Waals surface area contributed by atoms with Gasteiger partial charge in [-0.25, -0.2) is 0 Å². The van der Waals surface area contributed by atoms with Crippen molar-refractivity contribution in [2.75, 3.05) is 13.2 Å². The number of hydrogen-bond acceptors (Lipinski definition) is 3. The van der Waals surface area contributed by atoms with Crippen LogP contribution in [0, 0.1) is 0 Å². The molecule has 0 amide bonds. The van der Waals surface area contributed by atoms with Crippen molar-refractivity contribution in [3.8, 4) is 5.75 Å². The van der Waals surface area contributed by atoms with Gasteiger partial charge in [0.05, 0.1) is 10.0 Å². The monoisotopic (exact) mass is 331 g/mol. The second-order valence-electron chi connectivity index (χ2n) is 5.34. The van der Waals surface area contributed by atoms with Gasteiger partial charge in [-0.15, -0.1) is 0 Å². The molecule has 3 atom stereocenters. The van der Waals surface area contributed by atoms with Crippen LogP contribution >= 0.6 is 23.2 Å². The van der Waals surface area contributed by atoms with E-state index in [-0.39, 0.29) is 12.2 Å². The van der Waals surface area contributed by atoms with Gasteiger partial charge < -0.3 is 14.8 Å². The minimum absolute atomic E-state index is 0.00306. The van der Waals surface area contributed by atoms with Crippen LogP contribution in [-0.2, 0) is 4.74 Å². The third kappa shape index (κ3) is 4.26. The number of ether oxygens (including phenoxy) is 2. The van der Waals surface area contributed by atoms with Gasteiger partial charge in [0.1, 0.15) is 12.2 Å². The Morgan fingerprint density at radius 2 is 1.90 bits per heavy atom. The van der Waals surface area contributed by atoms with Gasteiger partial charge in [-0.1, -0.05) is 43.1 Å². The van der Waals surface area contributed by atoms with Crippen LogP contribution in [0.5, 0.6) is 5.75 Å². The normalized spacial score (nSPS) is 24.7. The molecule has 5 heteroatoms. The summed E-state index contributed by atoms with van der Waals surface area (Å²) in [6, 6.07) is 5.74. The lowest BCUT2D eigenvalue weighted by Crippen LogP contribution is -2.61. The largest absolute Gasteiger partial charge is 0.484 e. The van der Waals surface area contributed by atoms with Gasteiger partial charge >= 0.3 is 0 Å². The molecule has 0 heterocycles. The standard InChI is InChI=1S/C16H23Cl2NO2/c1-3-8-19-13-10-14(16(13)20-9-4-2)21-15-11(17)6-5-7-12(15)18/h5-7,13-14,16,19H,3-4,8-10H2,1-2H3. The van der Waals surface area contributed by atoms with Crippen LogP contribution in [0.15, 0.2) is 18.2 Å². The highest BCUT2D eigenvalue weighted by molar-refractivity contribution is 6.37. The van der Waals surface area contributed by atoms with E-state index in [0.29, 0.717) is 21.8 Å². The molecule has 21 heavy (non-hydrogen) atoms. The van der Waals surface area contributed by atoms with E-state index in [1.807, 2.05) is 6.07 Å². The Labute approximate surface area is 136 Å². The van der Waals surface area contributed by atoms with Gasteiger partial charge in [0.15, 0.2) is 5.75 Å². The maximum atomic E-state index is 6.16. The topological polar surface area (TPSA) is 30.5 Å². The molecule has 1 aromatic carbocycles. The zero-order valence-corrected chi connectivity index (χ0v) is 14.1. The molecular weight excluding hydrogens is 309 g/mol. The Balaban J connectivity index is 1.98. The number of rotatable bonds is 8. The summed E-state index contributed by atoms with van der Waals surface area (Å²) < 4.78 is 11.9. The summed E-state index contributed by atoms with van der Waals surface area (Å²) in [6.07, 6.45) is 3.08. The van der Waals surface area contributed by atoms with Crippen LogP contribution in [-0.4, -0.2) is 31.4 Å². The quantitative estimate of drug-likeness (QED) is 0.770. The summed E-state index contributed by atoms with van der Waals surface area (Å²) in [5.74, 6) is 0.560. The van der Waals surface area contributed by atoms with E-state index in [1.165, 1.54) is 0 Å². The third-order valence-corrected chi connectivity index (χ3v) is 4.20. The maximum Gasteiger partial charge on any atom is 0.157 e. The average Bonchev–Trinajstić information content (AvgIpc) is 2.45. The first-order valence-corrected chi connectivity index (χ1v) is 8.38. The smallest absolute Gasteiger partial charge is 0.157 e. The summed E-state index contributed by atoms with van der Waals surface area (Å²) in [6.45, 7) is 6.00. The highest BCUT2D eigenvalue weighted by atomic mass is 35.5. The van der Waals surface area contributed by atoms with Crippen molar-refractivity contribution in [3.63, 3.8) is 0 Å². The number of hydrogen-bond donors (Lipinski definition) is 1. The second-order valence-corrected chi connectivity index (χ2v) is 6.15. The molecule has 0 bridgehead atoms. The van der Waals surface area contributed by atoms with Crippen LogP contribution in [0.2, 0.25) is 10.0 Å². The van der Waals surface area contributed by atoms with Crippen molar-refractivity contribution >= 4 is 23.2 Å². The summed E-state index contributed by atoms with van der Waals surface area (Å²) in [5, 5.41) is 4.59. The van der Waals surface area contributed by atoms with Gasteiger partial charge in [0.2, 0.25) is 0 Å². The number of halogens is 2. The Hall–Kier alpha value is -0.480. The molecule has 3 nitrogen and oxygen atoms in total. The van der Waals surface area contributed by atoms with E-state index in [1.54, 1.807) is 12.1 Å². The van der Waals surface area contributed by atoms with Gasteiger partial charge in [0.25, 0.3) is 0 Å². The highest BCUT2D eigenvalue weighted by Crippen LogP contribution is 2.37. The number of para-hydroxylation sites is 1. The maximum absolute atomic E-state index is 6.16. The van der Waals surface area contributed by atoms with Crippen molar-refractivity contribution in [1.82, 2.24) is 5.32 Å². The molecule has 1 N–H and O–H groups in total. The molecule has 1 saturated carbocycles. The van der Waals surface area contributed by atoms with E-state index < -0.39 is 0 Å². The average molecular weight is 332 g/mol. The zero-order valence-electron chi connectivity index (χ0n) is 12.6. The van der Waals surface area contributed by atoms with Gasteiger partial charge in [-0.05, 0) is 31.5 Å². The van der Waals surface area contributed by atoms with Crippen LogP contribution in [0.25, 0.3) is 0 Å². The van der Waals surface area contributed by atoms with Gasteiger partial charge in [-0.3, -0.25) is 0 Å². The van der Waals surface area contributed by atoms with Gasteiger partial charge in [-0.2, -0.15) is 0 Å². The van der Waals surface area contributed by atoms with E-state index >= 15 is 0 Å². The number of nitrogens with one attached hydrogen (secondary N) is 1. The molecule has 0 radical (unpaired) electrons. The van der Waals surface area contributed by atoms with E-state index in [4.69, 9.17) is 32.7 Å². The molecule has 1 aliphatic rings. The molecule has 1 aromatic rings. The van der Waals surface area contributed by atoms with Crippen molar-refractivity contribution in [2.24, 2.45) is 0 Å². The fraction of sp³-hybridized carbons (Fsp3) is 0.625. The van der Waals surface area contributed by atoms with Crippen LogP contribution in [0.1, 0.15) is 33.1 Å². The molecule has 2 rings (SSSR count). The van der Waals surface area contributed by atoms with E-state index in [0.717, 1.165) is 32.4 Å². The third-order valence-electron chi connectivity index (χ3n) is 3.61. The fourth-order valence-electron chi connectivity index (χ4n) is 2.45.